The molecule has 1 heterocycles. The van der Waals surface area contributed by atoms with E-state index < -0.39 is 10.0 Å². The summed E-state index contributed by atoms with van der Waals surface area (Å²) in [4.78, 5) is 0. The highest BCUT2D eigenvalue weighted by Crippen LogP contribution is 2.20. The van der Waals surface area contributed by atoms with Crippen molar-refractivity contribution in [1.29, 1.82) is 0 Å². The Kier molecular flexibility index (Phi) is 5.15. The second-order valence-electron chi connectivity index (χ2n) is 5.06. The van der Waals surface area contributed by atoms with Crippen LogP contribution >= 0.6 is 0 Å². The molecule has 2 rings (SSSR count). The number of methoxy groups -OCH3 is 1. The van der Waals surface area contributed by atoms with E-state index in [1.165, 1.54) is 0 Å². The quantitative estimate of drug-likeness (QED) is 0.883. The fourth-order valence-electron chi connectivity index (χ4n) is 2.53. The van der Waals surface area contributed by atoms with Gasteiger partial charge in [0.1, 0.15) is 0 Å². The molecule has 1 aromatic carbocycles. The number of nitrogens with two attached hydrogens (primary N) is 1. The summed E-state index contributed by atoms with van der Waals surface area (Å²) in [5.74, 6) is 0.0258. The fraction of sp³-hybridized carbons (Fsp3) is 0.571. The van der Waals surface area contributed by atoms with Gasteiger partial charge in [-0.1, -0.05) is 24.3 Å². The normalized spacial score (nSPS) is 18.3. The van der Waals surface area contributed by atoms with Crippen LogP contribution in [0.2, 0.25) is 0 Å². The number of nitrogens with zero attached hydrogens (tertiary/aromatic N) is 1. The summed E-state index contributed by atoms with van der Waals surface area (Å²) in [6.07, 6.45) is 1.69. The molecule has 2 N–H and O–H groups in total. The Hall–Kier alpha value is -0.950. The molecule has 0 saturated carbocycles. The molecule has 20 heavy (non-hydrogen) atoms. The molecule has 0 atom stereocenters. The van der Waals surface area contributed by atoms with Crippen molar-refractivity contribution in [1.82, 2.24) is 4.31 Å². The first kappa shape index (κ1) is 15.4. The largest absolute Gasteiger partial charge is 0.381 e. The molecule has 0 spiro atoms. The molecule has 0 unspecified atom stereocenters. The van der Waals surface area contributed by atoms with Crippen LogP contribution in [0.25, 0.3) is 0 Å². The minimum Gasteiger partial charge on any atom is -0.381 e. The van der Waals surface area contributed by atoms with Crippen molar-refractivity contribution < 1.29 is 13.2 Å². The van der Waals surface area contributed by atoms with Gasteiger partial charge in [0.2, 0.25) is 10.0 Å². The Morgan fingerprint density at radius 2 is 1.85 bits per heavy atom. The molecule has 6 heteroatoms. The van der Waals surface area contributed by atoms with Crippen molar-refractivity contribution in [2.24, 2.45) is 5.73 Å². The molecular weight excluding hydrogens is 276 g/mol. The topological polar surface area (TPSA) is 72.6 Å². The van der Waals surface area contributed by atoms with Gasteiger partial charge in [-0.3, -0.25) is 0 Å². The van der Waals surface area contributed by atoms with Gasteiger partial charge in [-0.15, -0.1) is 0 Å². The molecule has 1 aromatic rings. The Labute approximate surface area is 120 Å². The average Bonchev–Trinajstić information content (AvgIpc) is 2.47. The summed E-state index contributed by atoms with van der Waals surface area (Å²) in [5.41, 5.74) is 7.35. The van der Waals surface area contributed by atoms with E-state index in [0.717, 1.165) is 24.0 Å². The smallest absolute Gasteiger partial charge is 0.218 e. The maximum atomic E-state index is 12.5. The maximum absolute atomic E-state index is 12.5. The predicted molar refractivity (Wildman–Crippen MR) is 78.6 cm³/mol. The third-order valence-electron chi connectivity index (χ3n) is 3.80. The molecule has 1 aliphatic heterocycles. The average molecular weight is 298 g/mol. The van der Waals surface area contributed by atoms with Crippen LogP contribution in [0.3, 0.4) is 0 Å². The number of hydrogen-bond donors (Lipinski definition) is 1. The summed E-state index contributed by atoms with van der Waals surface area (Å²) in [6.45, 7) is 1.43. The summed E-state index contributed by atoms with van der Waals surface area (Å²) in [5, 5.41) is 0. The van der Waals surface area contributed by atoms with Crippen molar-refractivity contribution in [3.63, 3.8) is 0 Å². The molecule has 0 amide bonds. The highest BCUT2D eigenvalue weighted by Gasteiger charge is 2.28. The molecule has 0 aliphatic carbocycles. The molecule has 1 saturated heterocycles. The lowest BCUT2D eigenvalue weighted by molar-refractivity contribution is 0.0604. The SMILES string of the molecule is COC1CCN(S(=O)(=O)Cc2ccccc2CN)CC1. The second-order valence-corrected chi connectivity index (χ2v) is 7.03. The first-order valence-corrected chi connectivity index (χ1v) is 8.45. The van der Waals surface area contributed by atoms with E-state index in [9.17, 15) is 8.42 Å². The van der Waals surface area contributed by atoms with Gasteiger partial charge in [-0.25, -0.2) is 12.7 Å². The zero-order valence-electron chi connectivity index (χ0n) is 11.8. The molecule has 0 aromatic heterocycles. The highest BCUT2D eigenvalue weighted by molar-refractivity contribution is 7.88. The van der Waals surface area contributed by atoms with Gasteiger partial charge in [-0.2, -0.15) is 0 Å². The van der Waals surface area contributed by atoms with Crippen LogP contribution in [0.5, 0.6) is 0 Å². The Morgan fingerprint density at radius 1 is 1.25 bits per heavy atom. The first-order chi connectivity index (χ1) is 9.56. The minimum atomic E-state index is -3.28. The zero-order valence-corrected chi connectivity index (χ0v) is 12.6. The summed E-state index contributed by atoms with van der Waals surface area (Å²) in [6, 6.07) is 7.44. The van der Waals surface area contributed by atoms with E-state index in [-0.39, 0.29) is 11.9 Å². The van der Waals surface area contributed by atoms with Crippen LogP contribution in [-0.4, -0.2) is 39.0 Å². The summed E-state index contributed by atoms with van der Waals surface area (Å²) >= 11 is 0. The van der Waals surface area contributed by atoms with E-state index in [1.807, 2.05) is 24.3 Å². The molecule has 5 nitrogen and oxygen atoms in total. The van der Waals surface area contributed by atoms with Crippen molar-refractivity contribution in [2.75, 3.05) is 20.2 Å². The van der Waals surface area contributed by atoms with Crippen molar-refractivity contribution in [2.45, 2.75) is 31.2 Å². The number of benzene rings is 1. The molecule has 1 fully saturated rings. The number of piperidine rings is 1. The van der Waals surface area contributed by atoms with Crippen LogP contribution < -0.4 is 5.73 Å². The maximum Gasteiger partial charge on any atom is 0.218 e. The van der Waals surface area contributed by atoms with Crippen LogP contribution in [0.4, 0.5) is 0 Å². The second kappa shape index (κ2) is 6.67. The monoisotopic (exact) mass is 298 g/mol. The Balaban J connectivity index is 2.08. The van der Waals surface area contributed by atoms with Gasteiger partial charge >= 0.3 is 0 Å². The van der Waals surface area contributed by atoms with Gasteiger partial charge in [0, 0.05) is 26.7 Å². The number of hydrogen-bond acceptors (Lipinski definition) is 4. The van der Waals surface area contributed by atoms with Crippen LogP contribution in [0.15, 0.2) is 24.3 Å². The standard InChI is InChI=1S/C14H22N2O3S/c1-19-14-6-8-16(9-7-14)20(17,18)11-13-5-3-2-4-12(13)10-15/h2-5,14H,6-11,15H2,1H3. The van der Waals surface area contributed by atoms with E-state index in [4.69, 9.17) is 10.5 Å². The van der Waals surface area contributed by atoms with E-state index in [2.05, 4.69) is 0 Å². The molecule has 0 bridgehead atoms. The summed E-state index contributed by atoms with van der Waals surface area (Å²) < 4.78 is 31.8. The Morgan fingerprint density at radius 3 is 2.40 bits per heavy atom. The highest BCUT2D eigenvalue weighted by atomic mass is 32.2. The van der Waals surface area contributed by atoms with Gasteiger partial charge in [0.05, 0.1) is 11.9 Å². The van der Waals surface area contributed by atoms with E-state index >= 15 is 0 Å². The molecular formula is C14H22N2O3S. The van der Waals surface area contributed by atoms with Crippen molar-refractivity contribution in [3.8, 4) is 0 Å². The first-order valence-electron chi connectivity index (χ1n) is 6.84. The zero-order chi connectivity index (χ0) is 14.6. The fourth-order valence-corrected chi connectivity index (χ4v) is 4.16. The van der Waals surface area contributed by atoms with Gasteiger partial charge in [-0.05, 0) is 24.0 Å². The third-order valence-corrected chi connectivity index (χ3v) is 5.63. The third kappa shape index (κ3) is 3.58. The molecule has 1 aliphatic rings. The molecule has 0 radical (unpaired) electrons. The van der Waals surface area contributed by atoms with Gasteiger partial charge < -0.3 is 10.5 Å². The number of rotatable bonds is 5. The Bertz CT molecular complexity index is 537. The van der Waals surface area contributed by atoms with Gasteiger partial charge in [0.15, 0.2) is 0 Å². The van der Waals surface area contributed by atoms with Crippen molar-refractivity contribution >= 4 is 10.0 Å². The predicted octanol–water partition coefficient (Wildman–Crippen LogP) is 1.09. The van der Waals surface area contributed by atoms with Crippen LogP contribution in [0, 0.1) is 0 Å². The van der Waals surface area contributed by atoms with Crippen molar-refractivity contribution in [3.05, 3.63) is 35.4 Å². The van der Waals surface area contributed by atoms with Gasteiger partial charge in [0.25, 0.3) is 0 Å². The molecule has 112 valence electrons. The minimum absolute atomic E-state index is 0.0258. The lowest BCUT2D eigenvalue weighted by Gasteiger charge is -2.30. The summed E-state index contributed by atoms with van der Waals surface area (Å²) in [7, 11) is -1.61. The van der Waals surface area contributed by atoms with Crippen LogP contribution in [0.1, 0.15) is 24.0 Å². The lowest BCUT2D eigenvalue weighted by atomic mass is 10.1. The number of sulfonamides is 1. The van der Waals surface area contributed by atoms with E-state index in [0.29, 0.717) is 19.6 Å². The van der Waals surface area contributed by atoms with E-state index in [1.54, 1.807) is 11.4 Å². The van der Waals surface area contributed by atoms with Crippen LogP contribution in [-0.2, 0) is 27.1 Å². The lowest BCUT2D eigenvalue weighted by Crippen LogP contribution is -2.41. The number of ether oxygens (including phenoxy) is 1.